The Kier molecular flexibility index (Phi) is 3.69. The summed E-state index contributed by atoms with van der Waals surface area (Å²) in [5.41, 5.74) is 5.10. The fourth-order valence-electron chi connectivity index (χ4n) is 1.27. The third kappa shape index (κ3) is 3.77. The van der Waals surface area contributed by atoms with Crippen molar-refractivity contribution in [3.63, 3.8) is 0 Å². The highest BCUT2D eigenvalue weighted by Gasteiger charge is 2.48. The van der Waals surface area contributed by atoms with Gasteiger partial charge in [0.25, 0.3) is 0 Å². The second-order valence-corrected chi connectivity index (χ2v) is 5.74. The van der Waals surface area contributed by atoms with Gasteiger partial charge in [0.05, 0.1) is 11.7 Å². The number of amides is 1. The number of nitrogens with two attached hydrogens (primary N) is 1. The van der Waals surface area contributed by atoms with E-state index < -0.39 is 10.0 Å². The largest absolute Gasteiger partial charge is 0.354 e. The fraction of sp³-hybridized carbons (Fsp3) is 0.875. The minimum absolute atomic E-state index is 0.0692. The van der Waals surface area contributed by atoms with Crippen molar-refractivity contribution in [2.45, 2.75) is 12.8 Å². The van der Waals surface area contributed by atoms with Crippen LogP contribution in [-0.2, 0) is 14.8 Å². The van der Waals surface area contributed by atoms with Gasteiger partial charge in [-0.2, -0.15) is 0 Å². The lowest BCUT2D eigenvalue weighted by atomic mass is 10.1. The smallest absolute Gasteiger partial charge is 0.227 e. The maximum Gasteiger partial charge on any atom is 0.227 e. The molecule has 1 fully saturated rings. The predicted octanol–water partition coefficient (Wildman–Crippen LogP) is -1.61. The first kappa shape index (κ1) is 12.4. The van der Waals surface area contributed by atoms with E-state index in [1.54, 1.807) is 0 Å². The minimum Gasteiger partial charge on any atom is -0.354 e. The average molecular weight is 235 g/mol. The Morgan fingerprint density at radius 2 is 2.00 bits per heavy atom. The van der Waals surface area contributed by atoms with Crippen LogP contribution in [0.1, 0.15) is 12.8 Å². The van der Waals surface area contributed by atoms with Crippen LogP contribution in [0.25, 0.3) is 0 Å². The summed E-state index contributed by atoms with van der Waals surface area (Å²) < 4.78 is 23.7. The standard InChI is InChI=1S/C8H17N3O3S/c1-15(13,14)11-5-4-10-7(12)8(6-9)2-3-8/h11H,2-6,9H2,1H3,(H,10,12). The zero-order valence-electron chi connectivity index (χ0n) is 8.75. The molecule has 0 bridgehead atoms. The molecule has 0 heterocycles. The Morgan fingerprint density at radius 3 is 2.40 bits per heavy atom. The van der Waals surface area contributed by atoms with Gasteiger partial charge in [0, 0.05) is 19.6 Å². The van der Waals surface area contributed by atoms with E-state index in [-0.39, 0.29) is 17.9 Å². The molecule has 0 radical (unpaired) electrons. The molecule has 0 aromatic rings. The van der Waals surface area contributed by atoms with Gasteiger partial charge in [-0.25, -0.2) is 13.1 Å². The molecule has 88 valence electrons. The van der Waals surface area contributed by atoms with Crippen LogP contribution >= 0.6 is 0 Å². The van der Waals surface area contributed by atoms with Gasteiger partial charge in [0.2, 0.25) is 15.9 Å². The quantitative estimate of drug-likeness (QED) is 0.482. The molecule has 1 saturated carbocycles. The third-order valence-electron chi connectivity index (χ3n) is 2.50. The van der Waals surface area contributed by atoms with Gasteiger partial charge in [0.1, 0.15) is 0 Å². The molecule has 0 aromatic carbocycles. The Balaban J connectivity index is 2.19. The molecule has 0 spiro atoms. The summed E-state index contributed by atoms with van der Waals surface area (Å²) in [6, 6.07) is 0. The minimum atomic E-state index is -3.17. The maximum absolute atomic E-state index is 11.5. The van der Waals surface area contributed by atoms with E-state index in [0.717, 1.165) is 19.1 Å². The molecule has 7 heteroatoms. The van der Waals surface area contributed by atoms with Crippen molar-refractivity contribution in [2.24, 2.45) is 11.1 Å². The molecule has 1 rings (SSSR count). The molecule has 15 heavy (non-hydrogen) atoms. The zero-order valence-corrected chi connectivity index (χ0v) is 9.56. The van der Waals surface area contributed by atoms with E-state index in [1.807, 2.05) is 0 Å². The van der Waals surface area contributed by atoms with Gasteiger partial charge in [-0.15, -0.1) is 0 Å². The number of hydrogen-bond acceptors (Lipinski definition) is 4. The Labute approximate surface area is 89.6 Å². The Bertz CT molecular complexity index is 335. The highest BCUT2D eigenvalue weighted by molar-refractivity contribution is 7.88. The molecule has 1 amide bonds. The van der Waals surface area contributed by atoms with Gasteiger partial charge >= 0.3 is 0 Å². The normalized spacial score (nSPS) is 18.5. The lowest BCUT2D eigenvalue weighted by Gasteiger charge is -2.12. The molecule has 0 saturated heterocycles. The number of carbonyl (C=O) groups excluding carboxylic acids is 1. The van der Waals surface area contributed by atoms with Crippen LogP contribution in [0.5, 0.6) is 0 Å². The van der Waals surface area contributed by atoms with Crippen molar-refractivity contribution < 1.29 is 13.2 Å². The Hall–Kier alpha value is -0.660. The summed E-state index contributed by atoms with van der Waals surface area (Å²) in [6.45, 7) is 0.872. The van der Waals surface area contributed by atoms with E-state index in [0.29, 0.717) is 13.1 Å². The van der Waals surface area contributed by atoms with Crippen LogP contribution in [0.4, 0.5) is 0 Å². The second-order valence-electron chi connectivity index (χ2n) is 3.91. The monoisotopic (exact) mass is 235 g/mol. The van der Waals surface area contributed by atoms with E-state index in [9.17, 15) is 13.2 Å². The van der Waals surface area contributed by atoms with Crippen LogP contribution in [0.3, 0.4) is 0 Å². The van der Waals surface area contributed by atoms with Crippen molar-refractivity contribution in [3.05, 3.63) is 0 Å². The third-order valence-corrected chi connectivity index (χ3v) is 3.23. The van der Waals surface area contributed by atoms with Gasteiger partial charge in [-0.3, -0.25) is 4.79 Å². The highest BCUT2D eigenvalue weighted by Crippen LogP contribution is 2.44. The van der Waals surface area contributed by atoms with Crippen LogP contribution in [0.15, 0.2) is 0 Å². The first-order chi connectivity index (χ1) is 6.90. The highest BCUT2D eigenvalue weighted by atomic mass is 32.2. The summed E-state index contributed by atoms with van der Waals surface area (Å²) in [7, 11) is -3.17. The Morgan fingerprint density at radius 1 is 1.40 bits per heavy atom. The average Bonchev–Trinajstić information content (AvgIpc) is 2.91. The SMILES string of the molecule is CS(=O)(=O)NCCNC(=O)C1(CN)CC1. The first-order valence-corrected chi connectivity index (χ1v) is 6.72. The van der Waals surface area contributed by atoms with Gasteiger partial charge in [-0.1, -0.05) is 0 Å². The van der Waals surface area contributed by atoms with Gasteiger partial charge in [-0.05, 0) is 12.8 Å². The molecule has 0 unspecified atom stereocenters. The van der Waals surface area contributed by atoms with E-state index in [2.05, 4.69) is 10.0 Å². The van der Waals surface area contributed by atoms with Crippen molar-refractivity contribution in [1.29, 1.82) is 0 Å². The van der Waals surface area contributed by atoms with Crippen molar-refractivity contribution in [2.75, 3.05) is 25.9 Å². The summed E-state index contributed by atoms with van der Waals surface area (Å²) in [6.07, 6.45) is 2.74. The zero-order chi connectivity index (χ0) is 11.5. The number of carbonyl (C=O) groups is 1. The van der Waals surface area contributed by atoms with Crippen molar-refractivity contribution in [3.8, 4) is 0 Å². The molecule has 4 N–H and O–H groups in total. The van der Waals surface area contributed by atoms with Crippen molar-refractivity contribution >= 4 is 15.9 Å². The molecule has 0 atom stereocenters. The van der Waals surface area contributed by atoms with E-state index in [4.69, 9.17) is 5.73 Å². The molecular formula is C8H17N3O3S. The van der Waals surface area contributed by atoms with Crippen LogP contribution in [-0.4, -0.2) is 40.2 Å². The lowest BCUT2D eigenvalue weighted by molar-refractivity contribution is -0.125. The molecule has 0 aromatic heterocycles. The fourth-order valence-corrected chi connectivity index (χ4v) is 1.75. The second kappa shape index (κ2) is 4.46. The van der Waals surface area contributed by atoms with Crippen LogP contribution in [0.2, 0.25) is 0 Å². The van der Waals surface area contributed by atoms with Crippen molar-refractivity contribution in [1.82, 2.24) is 10.0 Å². The number of hydrogen-bond donors (Lipinski definition) is 3. The van der Waals surface area contributed by atoms with Crippen LogP contribution < -0.4 is 15.8 Å². The maximum atomic E-state index is 11.5. The summed E-state index contributed by atoms with van der Waals surface area (Å²) >= 11 is 0. The molecule has 1 aliphatic rings. The number of rotatable bonds is 6. The topological polar surface area (TPSA) is 101 Å². The molecular weight excluding hydrogens is 218 g/mol. The first-order valence-electron chi connectivity index (χ1n) is 4.83. The number of nitrogens with one attached hydrogen (secondary N) is 2. The van der Waals surface area contributed by atoms with Gasteiger partial charge in [0.15, 0.2) is 0 Å². The summed E-state index contributed by atoms with van der Waals surface area (Å²) in [5, 5.41) is 2.66. The summed E-state index contributed by atoms with van der Waals surface area (Å²) in [4.78, 5) is 11.5. The molecule has 0 aliphatic heterocycles. The van der Waals surface area contributed by atoms with Gasteiger partial charge < -0.3 is 11.1 Å². The lowest BCUT2D eigenvalue weighted by Crippen LogP contribution is -2.40. The van der Waals surface area contributed by atoms with E-state index >= 15 is 0 Å². The van der Waals surface area contributed by atoms with E-state index in [1.165, 1.54) is 0 Å². The molecule has 6 nitrogen and oxygen atoms in total. The van der Waals surface area contributed by atoms with Crippen LogP contribution in [0, 0.1) is 5.41 Å². The molecule has 1 aliphatic carbocycles. The predicted molar refractivity (Wildman–Crippen MR) is 56.6 cm³/mol. The summed E-state index contributed by atoms with van der Waals surface area (Å²) in [5.74, 6) is -0.0692. The number of sulfonamides is 1.